The van der Waals surface area contributed by atoms with Crippen LogP contribution in [0.2, 0.25) is 0 Å². The molecule has 3 amide bonds. The Balaban J connectivity index is 1.80. The van der Waals surface area contributed by atoms with Crippen molar-refractivity contribution in [1.29, 1.82) is 0 Å². The predicted octanol–water partition coefficient (Wildman–Crippen LogP) is -0.113. The summed E-state index contributed by atoms with van der Waals surface area (Å²) in [6.45, 7) is 1.41. The quantitative estimate of drug-likeness (QED) is 0.733. The average Bonchev–Trinajstić information content (AvgIpc) is 2.97. The number of aliphatic hydroxyl groups is 1. The minimum absolute atomic E-state index is 0.0397. The van der Waals surface area contributed by atoms with Gasteiger partial charge >= 0.3 is 0 Å². The molecule has 1 aliphatic rings. The van der Waals surface area contributed by atoms with Gasteiger partial charge in [-0.2, -0.15) is 0 Å². The fourth-order valence-electron chi connectivity index (χ4n) is 1.94. The van der Waals surface area contributed by atoms with E-state index in [4.69, 9.17) is 4.42 Å². The first-order valence-corrected chi connectivity index (χ1v) is 6.31. The lowest BCUT2D eigenvalue weighted by Crippen LogP contribution is -2.41. The van der Waals surface area contributed by atoms with Crippen LogP contribution < -0.4 is 5.32 Å². The molecule has 1 aromatic rings. The molecule has 1 saturated heterocycles. The maximum absolute atomic E-state index is 11.6. The van der Waals surface area contributed by atoms with Crippen molar-refractivity contribution in [2.45, 2.75) is 25.9 Å². The summed E-state index contributed by atoms with van der Waals surface area (Å²) >= 11 is 0. The van der Waals surface area contributed by atoms with Gasteiger partial charge in [0.15, 0.2) is 0 Å². The number of hydrogen-bond donors (Lipinski definition) is 2. The molecule has 2 heterocycles. The molecule has 1 unspecified atom stereocenters. The van der Waals surface area contributed by atoms with Crippen molar-refractivity contribution in [2.24, 2.45) is 0 Å². The normalized spacial score (nSPS) is 16.6. The summed E-state index contributed by atoms with van der Waals surface area (Å²) in [6.07, 6.45) is -0.654. The number of rotatable bonds is 5. The van der Waals surface area contributed by atoms with E-state index in [-0.39, 0.29) is 37.7 Å². The van der Waals surface area contributed by atoms with Crippen molar-refractivity contribution >= 4 is 17.7 Å². The third-order valence-electron chi connectivity index (χ3n) is 3.04. The number of carbonyl (C=O) groups excluding carboxylic acids is 3. The highest BCUT2D eigenvalue weighted by atomic mass is 16.4. The molecule has 0 aromatic carbocycles. The maximum Gasteiger partial charge on any atom is 0.240 e. The molecule has 2 N–H and O–H groups in total. The van der Waals surface area contributed by atoms with E-state index in [1.807, 2.05) is 0 Å². The van der Waals surface area contributed by atoms with Crippen LogP contribution in [0.25, 0.3) is 0 Å². The molecule has 0 saturated carbocycles. The Morgan fingerprint density at radius 2 is 2.05 bits per heavy atom. The van der Waals surface area contributed by atoms with Crippen LogP contribution in [0.4, 0.5) is 0 Å². The van der Waals surface area contributed by atoms with Crippen molar-refractivity contribution in [2.75, 3.05) is 13.1 Å². The molecule has 1 aliphatic heterocycles. The first-order valence-electron chi connectivity index (χ1n) is 6.31. The lowest BCUT2D eigenvalue weighted by atomic mass is 10.2. The van der Waals surface area contributed by atoms with E-state index in [1.54, 1.807) is 19.1 Å². The topological polar surface area (TPSA) is 99.9 Å². The molecular weight excluding hydrogens is 264 g/mol. The van der Waals surface area contributed by atoms with Gasteiger partial charge in [-0.1, -0.05) is 0 Å². The monoisotopic (exact) mass is 280 g/mol. The van der Waals surface area contributed by atoms with E-state index >= 15 is 0 Å². The molecule has 0 aliphatic carbocycles. The fourth-order valence-corrected chi connectivity index (χ4v) is 1.94. The second-order valence-corrected chi connectivity index (χ2v) is 4.64. The first-order chi connectivity index (χ1) is 9.47. The first kappa shape index (κ1) is 14.3. The summed E-state index contributed by atoms with van der Waals surface area (Å²) in [5, 5.41) is 12.3. The molecule has 7 nitrogen and oxygen atoms in total. The molecular formula is C13H16N2O5. The number of nitrogens with one attached hydrogen (secondary N) is 1. The average molecular weight is 280 g/mol. The van der Waals surface area contributed by atoms with Crippen LogP contribution in [0.1, 0.15) is 30.5 Å². The van der Waals surface area contributed by atoms with E-state index in [0.717, 1.165) is 4.90 Å². The molecule has 20 heavy (non-hydrogen) atoms. The van der Waals surface area contributed by atoms with Gasteiger partial charge in [0.1, 0.15) is 24.2 Å². The van der Waals surface area contributed by atoms with Gasteiger partial charge in [-0.3, -0.25) is 19.3 Å². The van der Waals surface area contributed by atoms with Crippen molar-refractivity contribution in [3.63, 3.8) is 0 Å². The summed E-state index contributed by atoms with van der Waals surface area (Å²) < 4.78 is 5.23. The Morgan fingerprint density at radius 3 is 2.60 bits per heavy atom. The van der Waals surface area contributed by atoms with E-state index in [1.165, 1.54) is 0 Å². The van der Waals surface area contributed by atoms with Crippen molar-refractivity contribution in [1.82, 2.24) is 10.2 Å². The third-order valence-corrected chi connectivity index (χ3v) is 3.04. The van der Waals surface area contributed by atoms with Gasteiger partial charge in [-0.05, 0) is 19.1 Å². The molecule has 7 heteroatoms. The lowest BCUT2D eigenvalue weighted by Gasteiger charge is -2.14. The summed E-state index contributed by atoms with van der Waals surface area (Å²) in [6, 6.07) is 3.33. The molecule has 2 rings (SSSR count). The van der Waals surface area contributed by atoms with Crippen LogP contribution >= 0.6 is 0 Å². The number of hydrogen-bond acceptors (Lipinski definition) is 5. The van der Waals surface area contributed by atoms with Gasteiger partial charge in [0.05, 0.1) is 6.54 Å². The second-order valence-electron chi connectivity index (χ2n) is 4.64. The third kappa shape index (κ3) is 3.24. The zero-order valence-corrected chi connectivity index (χ0v) is 11.1. The Bertz CT molecular complexity index is 521. The molecule has 0 spiro atoms. The molecule has 1 atom stereocenters. The number of carbonyl (C=O) groups is 3. The van der Waals surface area contributed by atoms with E-state index < -0.39 is 12.0 Å². The Hall–Kier alpha value is -2.15. The highest BCUT2D eigenvalue weighted by Gasteiger charge is 2.30. The maximum atomic E-state index is 11.6. The molecule has 108 valence electrons. The Morgan fingerprint density at radius 1 is 1.40 bits per heavy atom. The van der Waals surface area contributed by atoms with Crippen LogP contribution in [-0.2, 0) is 14.4 Å². The lowest BCUT2D eigenvalue weighted by molar-refractivity contribution is -0.142. The largest absolute Gasteiger partial charge is 0.464 e. The molecule has 0 radical (unpaired) electrons. The fraction of sp³-hybridized carbons (Fsp3) is 0.462. The van der Waals surface area contributed by atoms with Crippen LogP contribution in [0.15, 0.2) is 16.5 Å². The van der Waals surface area contributed by atoms with Crippen molar-refractivity contribution in [3.05, 3.63) is 23.7 Å². The van der Waals surface area contributed by atoms with Gasteiger partial charge in [0, 0.05) is 12.8 Å². The summed E-state index contributed by atoms with van der Waals surface area (Å²) in [5.74, 6) is -0.148. The zero-order chi connectivity index (χ0) is 14.7. The zero-order valence-electron chi connectivity index (χ0n) is 11.1. The second kappa shape index (κ2) is 5.87. The SMILES string of the molecule is Cc1ccc(C(O)CNC(=O)CN2C(=O)CCC2=O)o1. The Kier molecular flexibility index (Phi) is 4.19. The standard InChI is InChI=1S/C13H16N2O5/c1-8-2-3-10(20-8)9(16)6-14-11(17)7-15-12(18)4-5-13(15)19/h2-3,9,16H,4-7H2,1H3,(H,14,17). The van der Waals surface area contributed by atoms with Crippen molar-refractivity contribution < 1.29 is 23.9 Å². The van der Waals surface area contributed by atoms with Crippen LogP contribution in [-0.4, -0.2) is 40.8 Å². The number of aryl methyl sites for hydroxylation is 1. The van der Waals surface area contributed by atoms with Gasteiger partial charge in [-0.25, -0.2) is 0 Å². The van der Waals surface area contributed by atoms with E-state index in [9.17, 15) is 19.5 Å². The van der Waals surface area contributed by atoms with Gasteiger partial charge in [-0.15, -0.1) is 0 Å². The number of likely N-dealkylation sites (tertiary alicyclic amines) is 1. The molecule has 1 fully saturated rings. The molecule has 1 aromatic heterocycles. The minimum Gasteiger partial charge on any atom is -0.464 e. The summed E-state index contributed by atoms with van der Waals surface area (Å²) in [5.41, 5.74) is 0. The highest BCUT2D eigenvalue weighted by molar-refractivity contribution is 6.04. The minimum atomic E-state index is -0.961. The smallest absolute Gasteiger partial charge is 0.240 e. The summed E-state index contributed by atoms with van der Waals surface area (Å²) in [4.78, 5) is 35.2. The number of imide groups is 1. The van der Waals surface area contributed by atoms with Gasteiger partial charge < -0.3 is 14.8 Å². The van der Waals surface area contributed by atoms with Crippen LogP contribution in [0.3, 0.4) is 0 Å². The predicted molar refractivity (Wildman–Crippen MR) is 67.4 cm³/mol. The molecule has 0 bridgehead atoms. The number of furan rings is 1. The van der Waals surface area contributed by atoms with E-state index in [0.29, 0.717) is 11.5 Å². The van der Waals surface area contributed by atoms with Crippen LogP contribution in [0, 0.1) is 6.92 Å². The van der Waals surface area contributed by atoms with Gasteiger partial charge in [0.2, 0.25) is 17.7 Å². The Labute approximate surface area is 115 Å². The van der Waals surface area contributed by atoms with E-state index in [2.05, 4.69) is 5.32 Å². The summed E-state index contributed by atoms with van der Waals surface area (Å²) in [7, 11) is 0. The number of nitrogens with zero attached hydrogens (tertiary/aromatic N) is 1. The number of amides is 3. The van der Waals surface area contributed by atoms with Crippen LogP contribution in [0.5, 0.6) is 0 Å². The van der Waals surface area contributed by atoms with Gasteiger partial charge in [0.25, 0.3) is 0 Å². The highest BCUT2D eigenvalue weighted by Crippen LogP contribution is 2.15. The number of aliphatic hydroxyl groups excluding tert-OH is 1. The van der Waals surface area contributed by atoms with Crippen molar-refractivity contribution in [3.8, 4) is 0 Å².